The van der Waals surface area contributed by atoms with Crippen molar-refractivity contribution in [2.24, 2.45) is 5.92 Å². The van der Waals surface area contributed by atoms with E-state index in [4.69, 9.17) is 4.74 Å². The third-order valence-corrected chi connectivity index (χ3v) is 5.01. The number of aromatic nitrogens is 4. The molecule has 0 unspecified atom stereocenters. The molecule has 0 saturated heterocycles. The summed E-state index contributed by atoms with van der Waals surface area (Å²) in [6.45, 7) is 7.07. The Morgan fingerprint density at radius 2 is 2.12 bits per heavy atom. The van der Waals surface area contributed by atoms with E-state index in [1.807, 2.05) is 11.0 Å². The number of hydrogen-bond acceptors (Lipinski definition) is 3. The van der Waals surface area contributed by atoms with Crippen LogP contribution < -0.4 is 0 Å². The minimum Gasteiger partial charge on any atom is -0.383 e. The van der Waals surface area contributed by atoms with Gasteiger partial charge in [0.05, 0.1) is 6.61 Å². The van der Waals surface area contributed by atoms with Crippen molar-refractivity contribution >= 4 is 10.9 Å². The van der Waals surface area contributed by atoms with Crippen LogP contribution in [0.3, 0.4) is 0 Å². The molecule has 0 amide bonds. The van der Waals surface area contributed by atoms with Gasteiger partial charge in [-0.1, -0.05) is 13.8 Å². The number of fused-ring (bicyclic) bond motifs is 1. The summed E-state index contributed by atoms with van der Waals surface area (Å²) in [6, 6.07) is 6.56. The lowest BCUT2D eigenvalue weighted by molar-refractivity contribution is 0.188. The summed E-state index contributed by atoms with van der Waals surface area (Å²) in [5.41, 5.74) is 3.71. The summed E-state index contributed by atoms with van der Waals surface area (Å²) >= 11 is 0. The van der Waals surface area contributed by atoms with Crippen molar-refractivity contribution in [3.63, 3.8) is 0 Å². The van der Waals surface area contributed by atoms with E-state index in [9.17, 15) is 0 Å². The second-order valence-electron chi connectivity index (χ2n) is 7.39. The monoisotopic (exact) mass is 338 g/mol. The van der Waals surface area contributed by atoms with Crippen molar-refractivity contribution in [1.29, 1.82) is 0 Å². The van der Waals surface area contributed by atoms with Crippen LogP contribution in [0.25, 0.3) is 22.3 Å². The number of nitrogens with zero attached hydrogens (tertiary/aromatic N) is 4. The van der Waals surface area contributed by atoms with Crippen LogP contribution in [0.4, 0.5) is 0 Å². The molecule has 0 N–H and O–H groups in total. The van der Waals surface area contributed by atoms with E-state index in [1.54, 1.807) is 7.11 Å². The lowest BCUT2D eigenvalue weighted by Crippen LogP contribution is -2.02. The van der Waals surface area contributed by atoms with Gasteiger partial charge in [-0.2, -0.15) is 5.10 Å². The molecule has 5 heteroatoms. The molecule has 1 saturated carbocycles. The second-order valence-corrected chi connectivity index (χ2v) is 7.39. The van der Waals surface area contributed by atoms with Gasteiger partial charge in [-0.15, -0.1) is 0 Å². The first-order valence-electron chi connectivity index (χ1n) is 9.17. The van der Waals surface area contributed by atoms with Gasteiger partial charge in [0, 0.05) is 42.9 Å². The normalized spacial score (nSPS) is 14.7. The van der Waals surface area contributed by atoms with Gasteiger partial charge < -0.3 is 9.30 Å². The Bertz CT molecular complexity index is 873. The van der Waals surface area contributed by atoms with E-state index in [0.717, 1.165) is 37.0 Å². The Kier molecular flexibility index (Phi) is 4.34. The van der Waals surface area contributed by atoms with Crippen LogP contribution in [-0.4, -0.2) is 33.0 Å². The molecular formula is C20H26N4O. The zero-order valence-corrected chi connectivity index (χ0v) is 15.3. The van der Waals surface area contributed by atoms with E-state index in [0.29, 0.717) is 5.92 Å². The predicted molar refractivity (Wildman–Crippen MR) is 99.6 cm³/mol. The fraction of sp³-hybridized carbons (Fsp3) is 0.500. The first kappa shape index (κ1) is 16.3. The van der Waals surface area contributed by atoms with Gasteiger partial charge in [0.25, 0.3) is 0 Å². The van der Waals surface area contributed by atoms with Crippen LogP contribution >= 0.6 is 0 Å². The van der Waals surface area contributed by atoms with Crippen LogP contribution in [-0.2, 0) is 17.8 Å². The highest BCUT2D eigenvalue weighted by Crippen LogP contribution is 2.32. The number of ether oxygens (including phenoxy) is 1. The lowest BCUT2D eigenvalue weighted by Gasteiger charge is -2.05. The minimum absolute atomic E-state index is 0.474. The number of rotatable bonds is 7. The molecule has 2 heterocycles. The van der Waals surface area contributed by atoms with Crippen LogP contribution in [0.2, 0.25) is 0 Å². The molecule has 4 rings (SSSR count). The highest BCUT2D eigenvalue weighted by molar-refractivity contribution is 5.88. The maximum Gasteiger partial charge on any atom is 0.181 e. The molecule has 2 aromatic heterocycles. The molecule has 0 bridgehead atoms. The summed E-state index contributed by atoms with van der Waals surface area (Å²) in [4.78, 5) is 4.53. The van der Waals surface area contributed by atoms with Crippen molar-refractivity contribution in [3.05, 3.63) is 36.3 Å². The second kappa shape index (κ2) is 6.64. The number of methoxy groups -OCH3 is 1. The summed E-state index contributed by atoms with van der Waals surface area (Å²) < 4.78 is 9.53. The summed E-state index contributed by atoms with van der Waals surface area (Å²) in [5.74, 6) is 2.10. The summed E-state index contributed by atoms with van der Waals surface area (Å²) in [6.07, 6.45) is 6.78. The molecule has 1 aliphatic carbocycles. The zero-order chi connectivity index (χ0) is 17.4. The van der Waals surface area contributed by atoms with Crippen LogP contribution in [0, 0.1) is 5.92 Å². The average Bonchev–Trinajstić information content (AvgIpc) is 3.16. The SMILES string of the molecule is COCCn1cc(C(C)C)c2cc(-c3ncn(CC4CC4)n3)ccc21. The standard InChI is InChI=1S/C20H26N4O/c1-14(2)18-12-23(8-9-25-3)19-7-6-16(10-17(18)19)20-21-13-24(22-20)11-15-4-5-15/h6-7,10,12-15H,4-5,8-9,11H2,1-3H3. The molecule has 1 fully saturated rings. The smallest absolute Gasteiger partial charge is 0.181 e. The Balaban J connectivity index is 1.70. The predicted octanol–water partition coefficient (Wildman–Crippen LogP) is 4.08. The molecule has 1 aliphatic rings. The van der Waals surface area contributed by atoms with Gasteiger partial charge in [0.1, 0.15) is 6.33 Å². The van der Waals surface area contributed by atoms with E-state index < -0.39 is 0 Å². The largest absolute Gasteiger partial charge is 0.383 e. The van der Waals surface area contributed by atoms with Crippen molar-refractivity contribution in [3.8, 4) is 11.4 Å². The lowest BCUT2D eigenvalue weighted by atomic mass is 10.0. The first-order chi connectivity index (χ1) is 12.2. The minimum atomic E-state index is 0.474. The van der Waals surface area contributed by atoms with Crippen LogP contribution in [0.15, 0.2) is 30.7 Å². The van der Waals surface area contributed by atoms with Gasteiger partial charge in [-0.05, 0) is 48.4 Å². The topological polar surface area (TPSA) is 44.9 Å². The highest BCUT2D eigenvalue weighted by Gasteiger charge is 2.22. The molecule has 132 valence electrons. The van der Waals surface area contributed by atoms with Crippen LogP contribution in [0.5, 0.6) is 0 Å². The molecule has 3 aromatic rings. The van der Waals surface area contributed by atoms with Crippen molar-refractivity contribution in [2.75, 3.05) is 13.7 Å². The van der Waals surface area contributed by atoms with E-state index in [-0.39, 0.29) is 0 Å². The Morgan fingerprint density at radius 1 is 1.28 bits per heavy atom. The molecule has 1 aromatic carbocycles. The van der Waals surface area contributed by atoms with E-state index in [1.165, 1.54) is 29.3 Å². The highest BCUT2D eigenvalue weighted by atomic mass is 16.5. The van der Waals surface area contributed by atoms with Gasteiger partial charge in [-0.25, -0.2) is 4.98 Å². The van der Waals surface area contributed by atoms with Crippen molar-refractivity contribution in [1.82, 2.24) is 19.3 Å². The van der Waals surface area contributed by atoms with Gasteiger partial charge in [0.15, 0.2) is 5.82 Å². The molecular weight excluding hydrogens is 312 g/mol. The fourth-order valence-corrected chi connectivity index (χ4v) is 3.38. The van der Waals surface area contributed by atoms with E-state index in [2.05, 4.69) is 52.9 Å². The fourth-order valence-electron chi connectivity index (χ4n) is 3.38. The van der Waals surface area contributed by atoms with Crippen molar-refractivity contribution < 1.29 is 4.74 Å². The quantitative estimate of drug-likeness (QED) is 0.652. The summed E-state index contributed by atoms with van der Waals surface area (Å²) in [5, 5.41) is 5.97. The number of benzene rings is 1. The maximum absolute atomic E-state index is 5.25. The Morgan fingerprint density at radius 3 is 2.84 bits per heavy atom. The zero-order valence-electron chi connectivity index (χ0n) is 15.3. The molecule has 0 atom stereocenters. The maximum atomic E-state index is 5.25. The Labute approximate surface area is 148 Å². The molecule has 0 aliphatic heterocycles. The number of hydrogen-bond donors (Lipinski definition) is 0. The molecule has 25 heavy (non-hydrogen) atoms. The Hall–Kier alpha value is -2.14. The average molecular weight is 338 g/mol. The third-order valence-electron chi connectivity index (χ3n) is 5.01. The molecule has 0 spiro atoms. The van der Waals surface area contributed by atoms with E-state index >= 15 is 0 Å². The van der Waals surface area contributed by atoms with Gasteiger partial charge in [0.2, 0.25) is 0 Å². The van der Waals surface area contributed by atoms with Crippen LogP contribution in [0.1, 0.15) is 38.2 Å². The molecule has 5 nitrogen and oxygen atoms in total. The molecule has 0 radical (unpaired) electrons. The van der Waals surface area contributed by atoms with Gasteiger partial charge in [-0.3, -0.25) is 4.68 Å². The van der Waals surface area contributed by atoms with Gasteiger partial charge >= 0.3 is 0 Å². The third kappa shape index (κ3) is 3.33. The first-order valence-corrected chi connectivity index (χ1v) is 9.17. The summed E-state index contributed by atoms with van der Waals surface area (Å²) in [7, 11) is 1.75. The van der Waals surface area contributed by atoms with Crippen molar-refractivity contribution in [2.45, 2.75) is 45.7 Å².